The maximum atomic E-state index is 8.45. The Bertz CT molecular complexity index is 296. The van der Waals surface area contributed by atoms with Gasteiger partial charge in [-0.1, -0.05) is 46.2 Å². The molecule has 0 bridgehead atoms. The van der Waals surface area contributed by atoms with Crippen LogP contribution >= 0.6 is 0 Å². The summed E-state index contributed by atoms with van der Waals surface area (Å²) in [5.74, 6) is 0. The number of hydrogen-bond donors (Lipinski definition) is 0. The van der Waals surface area contributed by atoms with Crippen LogP contribution in [0.25, 0.3) is 0 Å². The molecule has 1 rings (SSSR count). The van der Waals surface area contributed by atoms with Crippen molar-refractivity contribution in [1.82, 2.24) is 0 Å². The van der Waals surface area contributed by atoms with Gasteiger partial charge in [-0.15, -0.1) is 0 Å². The molecule has 0 fully saturated rings. The van der Waals surface area contributed by atoms with Crippen LogP contribution in [0.1, 0.15) is 45.2 Å². The third kappa shape index (κ3) is 7.28. The number of nitriles is 2. The Balaban J connectivity index is 0. The predicted molar refractivity (Wildman–Crippen MR) is 63.2 cm³/mol. The molecule has 15 heavy (non-hydrogen) atoms. The Labute approximate surface area is 92.8 Å². The molecule has 2 nitrogen and oxygen atoms in total. The summed E-state index contributed by atoms with van der Waals surface area (Å²) >= 11 is 0. The van der Waals surface area contributed by atoms with Gasteiger partial charge >= 0.3 is 0 Å². The summed E-state index contributed by atoms with van der Waals surface area (Å²) < 4.78 is 0. The summed E-state index contributed by atoms with van der Waals surface area (Å²) in [6.45, 7) is 8.25. The monoisotopic (exact) mass is 202 g/mol. The third-order valence-electron chi connectivity index (χ3n) is 1.17. The van der Waals surface area contributed by atoms with Crippen molar-refractivity contribution in [3.05, 3.63) is 35.4 Å². The molecule has 0 aliphatic carbocycles. The van der Waals surface area contributed by atoms with Crippen LogP contribution in [-0.4, -0.2) is 0 Å². The fourth-order valence-corrected chi connectivity index (χ4v) is 0.678. The SMILES string of the molecule is CC.CCC.N#Cc1ccccc1C#N. The molecule has 0 aliphatic heterocycles. The molecule has 0 radical (unpaired) electrons. The number of rotatable bonds is 0. The Hall–Kier alpha value is -1.80. The zero-order valence-corrected chi connectivity index (χ0v) is 9.91. The molecule has 0 heterocycles. The lowest BCUT2D eigenvalue weighted by Crippen LogP contribution is -1.79. The van der Waals surface area contributed by atoms with Crippen LogP contribution in [-0.2, 0) is 0 Å². The molecule has 0 aliphatic rings. The lowest BCUT2D eigenvalue weighted by molar-refractivity contribution is 1.09. The van der Waals surface area contributed by atoms with Crippen molar-refractivity contribution in [2.24, 2.45) is 0 Å². The quantitative estimate of drug-likeness (QED) is 0.641. The Morgan fingerprint density at radius 1 is 0.933 bits per heavy atom. The highest BCUT2D eigenvalue weighted by molar-refractivity contribution is 5.44. The zero-order valence-electron chi connectivity index (χ0n) is 9.91. The van der Waals surface area contributed by atoms with Crippen LogP contribution in [0.15, 0.2) is 24.3 Å². The summed E-state index contributed by atoms with van der Waals surface area (Å²) in [6, 6.07) is 10.6. The molecule has 1 aromatic rings. The van der Waals surface area contributed by atoms with Crippen molar-refractivity contribution < 1.29 is 0 Å². The minimum Gasteiger partial charge on any atom is -0.192 e. The van der Waals surface area contributed by atoms with E-state index in [-0.39, 0.29) is 0 Å². The van der Waals surface area contributed by atoms with E-state index in [2.05, 4.69) is 13.8 Å². The third-order valence-corrected chi connectivity index (χ3v) is 1.17. The average molecular weight is 202 g/mol. The summed E-state index contributed by atoms with van der Waals surface area (Å²) in [4.78, 5) is 0. The summed E-state index contributed by atoms with van der Waals surface area (Å²) in [5, 5.41) is 16.9. The highest BCUT2D eigenvalue weighted by Gasteiger charge is 1.95. The number of benzene rings is 1. The minimum atomic E-state index is 0.435. The molecule has 0 N–H and O–H groups in total. The van der Waals surface area contributed by atoms with E-state index in [1.807, 2.05) is 26.0 Å². The lowest BCUT2D eigenvalue weighted by atomic mass is 10.1. The van der Waals surface area contributed by atoms with E-state index in [4.69, 9.17) is 10.5 Å². The topological polar surface area (TPSA) is 47.6 Å². The maximum absolute atomic E-state index is 8.45. The predicted octanol–water partition coefficient (Wildman–Crippen LogP) is 3.87. The normalized spacial score (nSPS) is 6.80. The largest absolute Gasteiger partial charge is 0.192 e. The molecule has 0 amide bonds. The van der Waals surface area contributed by atoms with Gasteiger partial charge in [0.1, 0.15) is 12.1 Å². The van der Waals surface area contributed by atoms with Gasteiger partial charge in [0, 0.05) is 0 Å². The Morgan fingerprint density at radius 3 is 1.40 bits per heavy atom. The van der Waals surface area contributed by atoms with Crippen molar-refractivity contribution in [2.45, 2.75) is 34.1 Å². The molecule has 0 atom stereocenters. The number of hydrogen-bond acceptors (Lipinski definition) is 2. The van der Waals surface area contributed by atoms with Crippen molar-refractivity contribution in [3.63, 3.8) is 0 Å². The average Bonchev–Trinajstić information content (AvgIpc) is 2.32. The molecule has 0 saturated carbocycles. The first-order valence-corrected chi connectivity index (χ1v) is 5.19. The highest BCUT2D eigenvalue weighted by Crippen LogP contribution is 2.03. The lowest BCUT2D eigenvalue weighted by Gasteiger charge is -1.88. The van der Waals surface area contributed by atoms with E-state index in [9.17, 15) is 0 Å². The Kier molecular flexibility index (Phi) is 12.7. The zero-order chi connectivity index (χ0) is 12.1. The second-order valence-corrected chi connectivity index (χ2v) is 2.48. The second kappa shape index (κ2) is 12.2. The minimum absolute atomic E-state index is 0.435. The van der Waals surface area contributed by atoms with Gasteiger partial charge in [-0.3, -0.25) is 0 Å². The van der Waals surface area contributed by atoms with E-state index in [1.54, 1.807) is 24.3 Å². The first kappa shape index (κ1) is 15.7. The molecule has 1 aromatic carbocycles. The Morgan fingerprint density at radius 2 is 1.20 bits per heavy atom. The van der Waals surface area contributed by atoms with Crippen molar-refractivity contribution in [2.75, 3.05) is 0 Å². The molecule has 2 heteroatoms. The molecular formula is C13H18N2. The van der Waals surface area contributed by atoms with Gasteiger partial charge in [0.05, 0.1) is 11.1 Å². The maximum Gasteiger partial charge on any atom is 0.101 e. The van der Waals surface area contributed by atoms with Crippen LogP contribution in [0.2, 0.25) is 0 Å². The fourth-order valence-electron chi connectivity index (χ4n) is 0.678. The second-order valence-electron chi connectivity index (χ2n) is 2.48. The van der Waals surface area contributed by atoms with Gasteiger partial charge in [-0.05, 0) is 12.1 Å². The van der Waals surface area contributed by atoms with Crippen molar-refractivity contribution >= 4 is 0 Å². The molecular weight excluding hydrogens is 184 g/mol. The van der Waals surface area contributed by atoms with E-state index in [0.29, 0.717) is 11.1 Å². The van der Waals surface area contributed by atoms with Gasteiger partial charge in [-0.2, -0.15) is 10.5 Å². The van der Waals surface area contributed by atoms with Crippen LogP contribution in [0.3, 0.4) is 0 Å². The molecule has 0 aromatic heterocycles. The van der Waals surface area contributed by atoms with Gasteiger partial charge in [0.25, 0.3) is 0 Å². The molecule has 0 spiro atoms. The summed E-state index contributed by atoms with van der Waals surface area (Å²) in [5.41, 5.74) is 0.870. The van der Waals surface area contributed by atoms with E-state index in [0.717, 1.165) is 0 Å². The van der Waals surface area contributed by atoms with Gasteiger partial charge in [0.2, 0.25) is 0 Å². The molecule has 80 valence electrons. The highest BCUT2D eigenvalue weighted by atomic mass is 14.3. The standard InChI is InChI=1S/C8H4N2.C3H8.C2H6/c9-5-7-3-1-2-4-8(7)6-10;1-3-2;1-2/h1-4H;3H2,1-2H3;1-2H3. The number of nitrogens with zero attached hydrogens (tertiary/aromatic N) is 2. The molecule has 0 saturated heterocycles. The van der Waals surface area contributed by atoms with Crippen LogP contribution in [0, 0.1) is 22.7 Å². The van der Waals surface area contributed by atoms with Gasteiger partial charge in [0.15, 0.2) is 0 Å². The fraction of sp³-hybridized carbons (Fsp3) is 0.385. The van der Waals surface area contributed by atoms with E-state index in [1.165, 1.54) is 6.42 Å². The van der Waals surface area contributed by atoms with Gasteiger partial charge < -0.3 is 0 Å². The van der Waals surface area contributed by atoms with Gasteiger partial charge in [-0.25, -0.2) is 0 Å². The van der Waals surface area contributed by atoms with E-state index >= 15 is 0 Å². The summed E-state index contributed by atoms with van der Waals surface area (Å²) in [7, 11) is 0. The van der Waals surface area contributed by atoms with Crippen LogP contribution < -0.4 is 0 Å². The van der Waals surface area contributed by atoms with Crippen LogP contribution in [0.4, 0.5) is 0 Å². The van der Waals surface area contributed by atoms with E-state index < -0.39 is 0 Å². The first-order chi connectivity index (χ1) is 7.29. The molecule has 0 unspecified atom stereocenters. The smallest absolute Gasteiger partial charge is 0.101 e. The van der Waals surface area contributed by atoms with Crippen LogP contribution in [0.5, 0.6) is 0 Å². The van der Waals surface area contributed by atoms with Crippen molar-refractivity contribution in [1.29, 1.82) is 10.5 Å². The first-order valence-electron chi connectivity index (χ1n) is 5.19. The van der Waals surface area contributed by atoms with Crippen molar-refractivity contribution in [3.8, 4) is 12.1 Å². The summed E-state index contributed by atoms with van der Waals surface area (Å²) in [6.07, 6.45) is 1.25.